The third-order valence-corrected chi connectivity index (χ3v) is 3.82. The molecule has 0 atom stereocenters. The molecule has 19 heavy (non-hydrogen) atoms. The van der Waals surface area contributed by atoms with Crippen molar-refractivity contribution in [1.29, 1.82) is 0 Å². The lowest BCUT2D eigenvalue weighted by molar-refractivity contribution is 1.16. The molecule has 0 fully saturated rings. The van der Waals surface area contributed by atoms with Crippen molar-refractivity contribution >= 4 is 34.5 Å². The fourth-order valence-corrected chi connectivity index (χ4v) is 2.86. The van der Waals surface area contributed by atoms with E-state index in [-0.39, 0.29) is 0 Å². The predicted octanol–water partition coefficient (Wildman–Crippen LogP) is 4.57. The van der Waals surface area contributed by atoms with E-state index in [1.807, 2.05) is 35.7 Å². The fraction of sp³-hybridized carbons (Fsp3) is 0. The first-order valence-corrected chi connectivity index (χ1v) is 7.07. The van der Waals surface area contributed by atoms with Gasteiger partial charge in [-0.15, -0.1) is 11.3 Å². The minimum Gasteiger partial charge on any atom is -0.241 e. The molecule has 6 heteroatoms. The second-order valence-corrected chi connectivity index (χ2v) is 5.32. The zero-order valence-electron chi connectivity index (χ0n) is 9.55. The number of nitrogens with zero attached hydrogens (tertiary/aromatic N) is 3. The van der Waals surface area contributed by atoms with E-state index in [1.54, 1.807) is 6.20 Å². The number of halogens is 2. The van der Waals surface area contributed by atoms with Crippen LogP contribution in [0.4, 0.5) is 0 Å². The molecule has 1 aromatic carbocycles. The van der Waals surface area contributed by atoms with Crippen LogP contribution in [0.15, 0.2) is 41.9 Å². The Labute approximate surface area is 123 Å². The van der Waals surface area contributed by atoms with Gasteiger partial charge in [-0.25, -0.2) is 15.0 Å². The van der Waals surface area contributed by atoms with Crippen LogP contribution in [0.25, 0.3) is 22.0 Å². The molecule has 3 aromatic rings. The topological polar surface area (TPSA) is 38.7 Å². The van der Waals surface area contributed by atoms with Gasteiger partial charge in [-0.2, -0.15) is 0 Å². The summed E-state index contributed by atoms with van der Waals surface area (Å²) in [5.74, 6) is 0.449. The highest BCUT2D eigenvalue weighted by Gasteiger charge is 2.15. The first kappa shape index (κ1) is 12.5. The predicted molar refractivity (Wildman–Crippen MR) is 78.6 cm³/mol. The highest BCUT2D eigenvalue weighted by molar-refractivity contribution is 7.13. The van der Waals surface area contributed by atoms with Crippen LogP contribution in [0.2, 0.25) is 10.3 Å². The monoisotopic (exact) mass is 307 g/mol. The number of aromatic nitrogens is 3. The summed E-state index contributed by atoms with van der Waals surface area (Å²) in [5, 5.41) is 3.21. The number of hydrogen-bond acceptors (Lipinski definition) is 4. The van der Waals surface area contributed by atoms with Crippen molar-refractivity contribution in [1.82, 2.24) is 15.0 Å². The van der Waals surface area contributed by atoms with E-state index in [0.717, 1.165) is 5.56 Å². The first-order valence-electron chi connectivity index (χ1n) is 5.44. The average Bonchev–Trinajstić information content (AvgIpc) is 2.93. The molecule has 0 aliphatic carbocycles. The smallest absolute Gasteiger partial charge is 0.191 e. The van der Waals surface area contributed by atoms with Gasteiger partial charge >= 0.3 is 0 Å². The van der Waals surface area contributed by atoms with Gasteiger partial charge in [-0.05, 0) is 5.56 Å². The average molecular weight is 308 g/mol. The van der Waals surface area contributed by atoms with Crippen LogP contribution in [0.1, 0.15) is 0 Å². The van der Waals surface area contributed by atoms with Crippen LogP contribution in [0, 0.1) is 0 Å². The lowest BCUT2D eigenvalue weighted by Crippen LogP contribution is -1.94. The lowest BCUT2D eigenvalue weighted by Gasteiger charge is -2.07. The van der Waals surface area contributed by atoms with Gasteiger partial charge in [-0.1, -0.05) is 53.5 Å². The molecule has 0 amide bonds. The molecular weight excluding hydrogens is 301 g/mol. The van der Waals surface area contributed by atoms with E-state index in [0.29, 0.717) is 26.7 Å². The Kier molecular flexibility index (Phi) is 3.46. The largest absolute Gasteiger partial charge is 0.241 e. The minimum atomic E-state index is 0.330. The van der Waals surface area contributed by atoms with E-state index in [1.165, 1.54) is 11.3 Å². The van der Waals surface area contributed by atoms with Gasteiger partial charge in [0.25, 0.3) is 0 Å². The molecule has 94 valence electrons. The minimum absolute atomic E-state index is 0.330. The summed E-state index contributed by atoms with van der Waals surface area (Å²) in [6.07, 6.45) is 1.69. The summed E-state index contributed by atoms with van der Waals surface area (Å²) in [7, 11) is 0. The van der Waals surface area contributed by atoms with Crippen LogP contribution in [0.5, 0.6) is 0 Å². The molecule has 3 nitrogen and oxygen atoms in total. The Bertz CT molecular complexity index is 676. The Hall–Kier alpha value is -1.49. The van der Waals surface area contributed by atoms with Gasteiger partial charge in [0.05, 0.1) is 5.56 Å². The summed E-state index contributed by atoms with van der Waals surface area (Å²) in [4.78, 5) is 12.7. The molecule has 2 heterocycles. The SMILES string of the molecule is Clc1nc(-c2nccs2)nc(Cl)c1-c1ccccc1. The number of benzene rings is 1. The van der Waals surface area contributed by atoms with Gasteiger partial charge in [-0.3, -0.25) is 0 Å². The Morgan fingerprint density at radius 2 is 1.63 bits per heavy atom. The van der Waals surface area contributed by atoms with Crippen LogP contribution < -0.4 is 0 Å². The Morgan fingerprint density at radius 3 is 2.21 bits per heavy atom. The standard InChI is InChI=1S/C13H7Cl2N3S/c14-10-9(8-4-2-1-3-5-8)11(15)18-12(17-10)13-16-6-7-19-13/h1-7H. The molecule has 0 spiro atoms. The molecule has 0 N–H and O–H groups in total. The molecule has 0 aliphatic rings. The molecule has 0 saturated heterocycles. The second-order valence-electron chi connectivity index (χ2n) is 3.71. The number of hydrogen-bond donors (Lipinski definition) is 0. The zero-order valence-corrected chi connectivity index (χ0v) is 11.9. The molecule has 0 unspecified atom stereocenters. The third-order valence-electron chi connectivity index (χ3n) is 2.51. The van der Waals surface area contributed by atoms with Gasteiger partial charge in [0.2, 0.25) is 0 Å². The van der Waals surface area contributed by atoms with E-state index >= 15 is 0 Å². The molecule has 0 bridgehead atoms. The maximum absolute atomic E-state index is 6.23. The van der Waals surface area contributed by atoms with E-state index < -0.39 is 0 Å². The van der Waals surface area contributed by atoms with Crippen molar-refractivity contribution in [3.8, 4) is 22.0 Å². The normalized spacial score (nSPS) is 10.6. The van der Waals surface area contributed by atoms with Crippen molar-refractivity contribution in [2.75, 3.05) is 0 Å². The van der Waals surface area contributed by atoms with Crippen LogP contribution in [0.3, 0.4) is 0 Å². The van der Waals surface area contributed by atoms with E-state index in [9.17, 15) is 0 Å². The highest BCUT2D eigenvalue weighted by atomic mass is 35.5. The van der Waals surface area contributed by atoms with E-state index in [4.69, 9.17) is 23.2 Å². The molecular formula is C13H7Cl2N3S. The van der Waals surface area contributed by atoms with Crippen molar-refractivity contribution < 1.29 is 0 Å². The van der Waals surface area contributed by atoms with Gasteiger partial charge in [0, 0.05) is 11.6 Å². The van der Waals surface area contributed by atoms with Crippen LogP contribution in [-0.4, -0.2) is 15.0 Å². The van der Waals surface area contributed by atoms with Gasteiger partial charge < -0.3 is 0 Å². The highest BCUT2D eigenvalue weighted by Crippen LogP contribution is 2.34. The molecule has 0 saturated carbocycles. The zero-order chi connectivity index (χ0) is 13.2. The van der Waals surface area contributed by atoms with Crippen molar-refractivity contribution in [3.05, 3.63) is 52.2 Å². The van der Waals surface area contributed by atoms with Crippen molar-refractivity contribution in [2.24, 2.45) is 0 Å². The summed E-state index contributed by atoms with van der Waals surface area (Å²) < 4.78 is 0. The molecule has 0 radical (unpaired) electrons. The van der Waals surface area contributed by atoms with E-state index in [2.05, 4.69) is 15.0 Å². The first-order chi connectivity index (χ1) is 9.25. The van der Waals surface area contributed by atoms with Crippen molar-refractivity contribution in [2.45, 2.75) is 0 Å². The lowest BCUT2D eigenvalue weighted by atomic mass is 10.1. The maximum atomic E-state index is 6.23. The Balaban J connectivity index is 2.14. The number of thiazole rings is 1. The van der Waals surface area contributed by atoms with Gasteiger partial charge in [0.15, 0.2) is 10.8 Å². The molecule has 0 aliphatic heterocycles. The molecule has 2 aromatic heterocycles. The number of rotatable bonds is 2. The summed E-state index contributed by atoms with van der Waals surface area (Å²) >= 11 is 13.9. The van der Waals surface area contributed by atoms with Crippen molar-refractivity contribution in [3.63, 3.8) is 0 Å². The summed E-state index contributed by atoms with van der Waals surface area (Å²) in [6, 6.07) is 9.59. The third kappa shape index (κ3) is 2.47. The summed E-state index contributed by atoms with van der Waals surface area (Å²) in [5.41, 5.74) is 1.53. The second kappa shape index (κ2) is 5.25. The Morgan fingerprint density at radius 1 is 0.947 bits per heavy atom. The van der Waals surface area contributed by atoms with Gasteiger partial charge in [0.1, 0.15) is 10.3 Å². The molecule has 3 rings (SSSR count). The summed E-state index contributed by atoms with van der Waals surface area (Å²) in [6.45, 7) is 0. The van der Waals surface area contributed by atoms with Crippen LogP contribution >= 0.6 is 34.5 Å². The van der Waals surface area contributed by atoms with Crippen LogP contribution in [-0.2, 0) is 0 Å². The fourth-order valence-electron chi connectivity index (χ4n) is 1.68. The maximum Gasteiger partial charge on any atom is 0.191 e. The quantitative estimate of drug-likeness (QED) is 0.651.